The lowest BCUT2D eigenvalue weighted by Crippen LogP contribution is -2.35. The molecule has 0 heterocycles. The predicted octanol–water partition coefficient (Wildman–Crippen LogP) is 2.54. The Morgan fingerprint density at radius 3 is 2.67 bits per heavy atom. The van der Waals surface area contributed by atoms with Gasteiger partial charge in [0.05, 0.1) is 0 Å². The molecule has 15 heavy (non-hydrogen) atoms. The van der Waals surface area contributed by atoms with Crippen LogP contribution in [0.5, 0.6) is 0 Å². The van der Waals surface area contributed by atoms with Crippen molar-refractivity contribution in [1.82, 2.24) is 5.32 Å². The van der Waals surface area contributed by atoms with E-state index < -0.39 is 0 Å². The van der Waals surface area contributed by atoms with E-state index in [-0.39, 0.29) is 0 Å². The van der Waals surface area contributed by atoms with Gasteiger partial charge >= 0.3 is 0 Å². The van der Waals surface area contributed by atoms with Gasteiger partial charge in [0.2, 0.25) is 0 Å². The van der Waals surface area contributed by atoms with Gasteiger partial charge in [-0.05, 0) is 55.7 Å². The largest absolute Gasteiger partial charge is 0.313 e. The third-order valence-corrected chi connectivity index (χ3v) is 3.74. The first-order valence-electron chi connectivity index (χ1n) is 6.22. The van der Waals surface area contributed by atoms with E-state index in [0.717, 1.165) is 12.0 Å². The van der Waals surface area contributed by atoms with Crippen molar-refractivity contribution in [3.63, 3.8) is 0 Å². The Bertz CT molecular complexity index is 341. The van der Waals surface area contributed by atoms with Crippen molar-refractivity contribution in [2.75, 3.05) is 6.54 Å². The van der Waals surface area contributed by atoms with E-state index in [0.29, 0.717) is 0 Å². The Labute approximate surface area is 91.9 Å². The molecule has 0 saturated heterocycles. The van der Waals surface area contributed by atoms with Gasteiger partial charge in [-0.25, -0.2) is 0 Å². The fourth-order valence-electron chi connectivity index (χ4n) is 2.53. The fourth-order valence-corrected chi connectivity index (χ4v) is 2.53. The molecule has 1 nitrogen and oxygen atoms in total. The standard InChI is InChI=1S/C14H19N/c1-2-4-13-9-14(8-7-12(13)3-1)15-10-11-5-6-11/h1-4,11,14-15H,5-10H2. The van der Waals surface area contributed by atoms with Crippen molar-refractivity contribution in [1.29, 1.82) is 0 Å². The van der Waals surface area contributed by atoms with Crippen LogP contribution >= 0.6 is 0 Å². The van der Waals surface area contributed by atoms with Crippen molar-refractivity contribution in [2.45, 2.75) is 38.1 Å². The first-order valence-corrected chi connectivity index (χ1v) is 6.22. The minimum absolute atomic E-state index is 0.737. The Balaban J connectivity index is 1.61. The van der Waals surface area contributed by atoms with Gasteiger partial charge in [-0.1, -0.05) is 24.3 Å². The predicted molar refractivity (Wildman–Crippen MR) is 63.0 cm³/mol. The lowest BCUT2D eigenvalue weighted by Gasteiger charge is -2.25. The van der Waals surface area contributed by atoms with Crippen LogP contribution in [0.3, 0.4) is 0 Å². The summed E-state index contributed by atoms with van der Waals surface area (Å²) in [6.45, 7) is 1.26. The zero-order valence-electron chi connectivity index (χ0n) is 9.21. The van der Waals surface area contributed by atoms with Crippen molar-refractivity contribution in [3.05, 3.63) is 35.4 Å². The minimum atomic E-state index is 0.737. The van der Waals surface area contributed by atoms with Crippen LogP contribution in [0, 0.1) is 5.92 Å². The Hall–Kier alpha value is -0.820. The highest BCUT2D eigenvalue weighted by atomic mass is 14.9. The maximum atomic E-state index is 3.72. The highest BCUT2D eigenvalue weighted by Gasteiger charge is 2.23. The average Bonchev–Trinajstić information content (AvgIpc) is 3.10. The summed E-state index contributed by atoms with van der Waals surface area (Å²) in [4.78, 5) is 0. The number of rotatable bonds is 3. The van der Waals surface area contributed by atoms with Crippen LogP contribution in [0.15, 0.2) is 24.3 Å². The molecule has 0 amide bonds. The summed E-state index contributed by atoms with van der Waals surface area (Å²) in [5.41, 5.74) is 3.14. The molecule has 1 aromatic carbocycles. The van der Waals surface area contributed by atoms with Crippen LogP contribution in [-0.4, -0.2) is 12.6 Å². The second-order valence-electron chi connectivity index (χ2n) is 5.06. The van der Waals surface area contributed by atoms with Crippen LogP contribution in [0.4, 0.5) is 0 Å². The molecule has 2 aliphatic carbocycles. The number of hydrogen-bond donors (Lipinski definition) is 1. The molecule has 1 heteroatoms. The van der Waals surface area contributed by atoms with Crippen LogP contribution in [-0.2, 0) is 12.8 Å². The molecule has 1 unspecified atom stereocenters. The molecule has 1 aromatic rings. The molecular formula is C14H19N. The van der Waals surface area contributed by atoms with Gasteiger partial charge in [-0.3, -0.25) is 0 Å². The van der Waals surface area contributed by atoms with Gasteiger partial charge in [-0.15, -0.1) is 0 Å². The van der Waals surface area contributed by atoms with E-state index in [1.165, 1.54) is 38.6 Å². The lowest BCUT2D eigenvalue weighted by molar-refractivity contribution is 0.449. The summed E-state index contributed by atoms with van der Waals surface area (Å²) in [5.74, 6) is 1.00. The van der Waals surface area contributed by atoms with Gasteiger partial charge in [0.25, 0.3) is 0 Å². The number of fused-ring (bicyclic) bond motifs is 1. The number of nitrogens with one attached hydrogen (secondary N) is 1. The molecule has 3 rings (SSSR count). The van der Waals surface area contributed by atoms with E-state index in [9.17, 15) is 0 Å². The fraction of sp³-hybridized carbons (Fsp3) is 0.571. The van der Waals surface area contributed by atoms with Crippen LogP contribution in [0.25, 0.3) is 0 Å². The molecule has 0 aromatic heterocycles. The highest BCUT2D eigenvalue weighted by Crippen LogP contribution is 2.28. The zero-order valence-corrected chi connectivity index (χ0v) is 9.21. The molecule has 0 spiro atoms. The summed E-state index contributed by atoms with van der Waals surface area (Å²) in [6, 6.07) is 9.64. The molecule has 0 radical (unpaired) electrons. The van der Waals surface area contributed by atoms with Crippen LogP contribution in [0.1, 0.15) is 30.4 Å². The first kappa shape index (κ1) is 9.41. The molecule has 2 aliphatic rings. The summed E-state index contributed by atoms with van der Waals surface area (Å²) in [7, 11) is 0. The van der Waals surface area contributed by atoms with Gasteiger partial charge in [0.1, 0.15) is 0 Å². The number of hydrogen-bond acceptors (Lipinski definition) is 1. The van der Waals surface area contributed by atoms with Crippen molar-refractivity contribution in [2.24, 2.45) is 5.92 Å². The minimum Gasteiger partial charge on any atom is -0.313 e. The van der Waals surface area contributed by atoms with E-state index in [2.05, 4.69) is 29.6 Å². The monoisotopic (exact) mass is 201 g/mol. The quantitative estimate of drug-likeness (QED) is 0.792. The second kappa shape index (κ2) is 3.97. The van der Waals surface area contributed by atoms with Gasteiger partial charge in [-0.2, -0.15) is 0 Å². The van der Waals surface area contributed by atoms with E-state index in [1.54, 1.807) is 11.1 Å². The van der Waals surface area contributed by atoms with Crippen molar-refractivity contribution >= 4 is 0 Å². The van der Waals surface area contributed by atoms with E-state index >= 15 is 0 Å². The Morgan fingerprint density at radius 1 is 1.07 bits per heavy atom. The summed E-state index contributed by atoms with van der Waals surface area (Å²) < 4.78 is 0. The lowest BCUT2D eigenvalue weighted by atomic mass is 9.88. The van der Waals surface area contributed by atoms with Gasteiger partial charge in [0.15, 0.2) is 0 Å². The normalized spacial score (nSPS) is 24.9. The van der Waals surface area contributed by atoms with Crippen molar-refractivity contribution < 1.29 is 0 Å². The molecule has 1 atom stereocenters. The Kier molecular flexibility index (Phi) is 2.49. The molecule has 1 N–H and O–H groups in total. The summed E-state index contributed by atoms with van der Waals surface area (Å²) >= 11 is 0. The summed E-state index contributed by atoms with van der Waals surface area (Å²) in [5, 5.41) is 3.72. The average molecular weight is 201 g/mol. The number of benzene rings is 1. The third-order valence-electron chi connectivity index (χ3n) is 3.74. The number of aryl methyl sites for hydroxylation is 1. The SMILES string of the molecule is c1ccc2c(c1)CCC(NCC1CC1)C2. The molecule has 1 saturated carbocycles. The maximum Gasteiger partial charge on any atom is 0.0111 e. The maximum absolute atomic E-state index is 3.72. The molecule has 0 aliphatic heterocycles. The Morgan fingerprint density at radius 2 is 1.87 bits per heavy atom. The van der Waals surface area contributed by atoms with Gasteiger partial charge < -0.3 is 5.32 Å². The molecule has 0 bridgehead atoms. The smallest absolute Gasteiger partial charge is 0.0111 e. The van der Waals surface area contributed by atoms with E-state index in [4.69, 9.17) is 0 Å². The topological polar surface area (TPSA) is 12.0 Å². The zero-order chi connectivity index (χ0) is 10.1. The highest BCUT2D eigenvalue weighted by molar-refractivity contribution is 5.30. The molecule has 1 fully saturated rings. The van der Waals surface area contributed by atoms with E-state index in [1.807, 2.05) is 0 Å². The van der Waals surface area contributed by atoms with Gasteiger partial charge in [0, 0.05) is 6.04 Å². The first-order chi connectivity index (χ1) is 7.42. The van der Waals surface area contributed by atoms with Crippen molar-refractivity contribution in [3.8, 4) is 0 Å². The third kappa shape index (κ3) is 2.23. The second-order valence-corrected chi connectivity index (χ2v) is 5.06. The molecular weight excluding hydrogens is 182 g/mol. The van der Waals surface area contributed by atoms with Crippen LogP contribution in [0.2, 0.25) is 0 Å². The van der Waals surface area contributed by atoms with Crippen LogP contribution < -0.4 is 5.32 Å². The molecule has 80 valence electrons. The summed E-state index contributed by atoms with van der Waals surface area (Å²) in [6.07, 6.45) is 6.73.